The molecule has 0 fully saturated rings. The van der Waals surface area contributed by atoms with E-state index in [2.05, 4.69) is 10.3 Å². The Balaban J connectivity index is 2.14. The van der Waals surface area contributed by atoms with Gasteiger partial charge in [0.05, 0.1) is 11.5 Å². The number of nitrogens with one attached hydrogen (secondary N) is 1. The van der Waals surface area contributed by atoms with Crippen LogP contribution in [0.4, 0.5) is 11.5 Å². The summed E-state index contributed by atoms with van der Waals surface area (Å²) in [7, 11) is 1.42. The van der Waals surface area contributed by atoms with Crippen molar-refractivity contribution in [3.8, 4) is 0 Å². The number of aryl methyl sites for hydroxylation is 1. The van der Waals surface area contributed by atoms with Gasteiger partial charge in [-0.3, -0.25) is 19.7 Å². The first-order valence-electron chi connectivity index (χ1n) is 7.62. The van der Waals surface area contributed by atoms with E-state index in [4.69, 9.17) is 0 Å². The molecule has 8 nitrogen and oxygen atoms in total. The molecule has 26 heavy (non-hydrogen) atoms. The monoisotopic (exact) mass is 374 g/mol. The molecule has 0 aliphatic carbocycles. The van der Waals surface area contributed by atoms with Crippen molar-refractivity contribution in [3.63, 3.8) is 0 Å². The molecule has 0 saturated carbocycles. The Morgan fingerprint density at radius 2 is 2.04 bits per heavy atom. The van der Waals surface area contributed by atoms with Crippen molar-refractivity contribution in [2.75, 3.05) is 25.2 Å². The zero-order valence-corrected chi connectivity index (χ0v) is 15.4. The minimum Gasteiger partial charge on any atom is -0.332 e. The van der Waals surface area contributed by atoms with Gasteiger partial charge in [-0.1, -0.05) is 0 Å². The van der Waals surface area contributed by atoms with Crippen LogP contribution in [-0.4, -0.2) is 46.5 Å². The molecule has 0 unspecified atom stereocenters. The third-order valence-corrected chi connectivity index (χ3v) is 4.27. The number of thioether (sulfide) groups is 1. The Bertz CT molecular complexity index is 856. The molecule has 0 spiro atoms. The van der Waals surface area contributed by atoms with Gasteiger partial charge in [-0.2, -0.15) is 0 Å². The molecular formula is C17H18N4O4S. The summed E-state index contributed by atoms with van der Waals surface area (Å²) in [5.41, 5.74) is 0.593. The normalized spacial score (nSPS) is 10.3. The lowest BCUT2D eigenvalue weighted by Gasteiger charge is -2.17. The Kier molecular flexibility index (Phi) is 6.29. The summed E-state index contributed by atoms with van der Waals surface area (Å²) in [6.07, 6.45) is 3.37. The van der Waals surface area contributed by atoms with E-state index in [0.717, 1.165) is 15.4 Å². The highest BCUT2D eigenvalue weighted by molar-refractivity contribution is 7.98. The van der Waals surface area contributed by atoms with Gasteiger partial charge in [0.2, 0.25) is 5.91 Å². The number of anilines is 1. The maximum absolute atomic E-state index is 12.6. The lowest BCUT2D eigenvalue weighted by Crippen LogP contribution is -2.35. The van der Waals surface area contributed by atoms with Gasteiger partial charge in [0, 0.05) is 24.2 Å². The van der Waals surface area contributed by atoms with Crippen LogP contribution in [0, 0.1) is 17.0 Å². The molecule has 2 amide bonds. The smallest absolute Gasteiger partial charge is 0.282 e. The fourth-order valence-electron chi connectivity index (χ4n) is 2.25. The molecule has 0 saturated heterocycles. The number of nitrogens with zero attached hydrogens (tertiary/aromatic N) is 3. The van der Waals surface area contributed by atoms with E-state index in [9.17, 15) is 19.7 Å². The Labute approximate surface area is 154 Å². The van der Waals surface area contributed by atoms with Gasteiger partial charge < -0.3 is 10.2 Å². The number of hydrogen-bond acceptors (Lipinski definition) is 6. The van der Waals surface area contributed by atoms with E-state index in [-0.39, 0.29) is 17.8 Å². The molecule has 1 aromatic heterocycles. The first-order chi connectivity index (χ1) is 12.3. The second-order valence-corrected chi connectivity index (χ2v) is 6.45. The van der Waals surface area contributed by atoms with Crippen LogP contribution in [0.15, 0.2) is 41.4 Å². The summed E-state index contributed by atoms with van der Waals surface area (Å²) in [5.74, 6) is -0.659. The van der Waals surface area contributed by atoms with Crippen LogP contribution in [0.25, 0.3) is 0 Å². The zero-order valence-electron chi connectivity index (χ0n) is 14.6. The minimum atomic E-state index is -0.609. The molecule has 136 valence electrons. The summed E-state index contributed by atoms with van der Waals surface area (Å²) in [6.45, 7) is 1.61. The average Bonchev–Trinajstić information content (AvgIpc) is 2.60. The van der Waals surface area contributed by atoms with Crippen LogP contribution in [0.1, 0.15) is 15.9 Å². The Morgan fingerprint density at radius 1 is 1.31 bits per heavy atom. The molecule has 0 atom stereocenters. The molecule has 1 aromatic carbocycles. The highest BCUT2D eigenvalue weighted by Gasteiger charge is 2.24. The highest BCUT2D eigenvalue weighted by Crippen LogP contribution is 2.25. The fourth-order valence-corrected chi connectivity index (χ4v) is 2.69. The average molecular weight is 374 g/mol. The van der Waals surface area contributed by atoms with Crippen LogP contribution in [-0.2, 0) is 4.79 Å². The van der Waals surface area contributed by atoms with Gasteiger partial charge in [-0.15, -0.1) is 11.8 Å². The quantitative estimate of drug-likeness (QED) is 0.473. The SMILES string of the molecule is CSc1ccc([N+](=O)[O-])c(C(=O)N(C)CC(=O)Nc2cc(C)ccn2)c1. The van der Waals surface area contributed by atoms with E-state index >= 15 is 0 Å². The number of nitro benzene ring substituents is 1. The summed E-state index contributed by atoms with van der Waals surface area (Å²) in [6, 6.07) is 7.83. The number of pyridine rings is 1. The van der Waals surface area contributed by atoms with Gasteiger partial charge in [-0.05, 0) is 43.0 Å². The van der Waals surface area contributed by atoms with E-state index < -0.39 is 16.7 Å². The van der Waals surface area contributed by atoms with Crippen molar-refractivity contribution in [1.29, 1.82) is 0 Å². The maximum Gasteiger partial charge on any atom is 0.282 e. The van der Waals surface area contributed by atoms with Crippen LogP contribution in [0.5, 0.6) is 0 Å². The molecule has 2 rings (SSSR count). The Hall–Kier alpha value is -2.94. The number of aromatic nitrogens is 1. The molecule has 0 radical (unpaired) electrons. The first kappa shape index (κ1) is 19.4. The van der Waals surface area contributed by atoms with Gasteiger partial charge in [0.25, 0.3) is 11.6 Å². The number of nitro groups is 1. The maximum atomic E-state index is 12.6. The van der Waals surface area contributed by atoms with E-state index in [1.165, 1.54) is 30.9 Å². The van der Waals surface area contributed by atoms with Gasteiger partial charge in [0.1, 0.15) is 11.4 Å². The molecule has 0 aliphatic heterocycles. The van der Waals surface area contributed by atoms with Crippen molar-refractivity contribution in [3.05, 3.63) is 57.8 Å². The molecule has 1 heterocycles. The molecule has 9 heteroatoms. The lowest BCUT2D eigenvalue weighted by atomic mass is 10.1. The van der Waals surface area contributed by atoms with Crippen molar-refractivity contribution in [2.45, 2.75) is 11.8 Å². The Morgan fingerprint density at radius 3 is 2.65 bits per heavy atom. The molecule has 1 N–H and O–H groups in total. The first-order valence-corrected chi connectivity index (χ1v) is 8.84. The van der Waals surface area contributed by atoms with E-state index in [0.29, 0.717) is 5.82 Å². The highest BCUT2D eigenvalue weighted by atomic mass is 32.2. The van der Waals surface area contributed by atoms with Gasteiger partial charge >= 0.3 is 0 Å². The van der Waals surface area contributed by atoms with Crippen LogP contribution < -0.4 is 5.32 Å². The third-order valence-electron chi connectivity index (χ3n) is 3.54. The topological polar surface area (TPSA) is 105 Å². The minimum absolute atomic E-state index is 0.0502. The third kappa shape index (κ3) is 4.79. The predicted molar refractivity (Wildman–Crippen MR) is 99.4 cm³/mol. The predicted octanol–water partition coefficient (Wildman–Crippen LogP) is 2.73. The molecule has 0 aliphatic rings. The summed E-state index contributed by atoms with van der Waals surface area (Å²) in [5, 5.41) is 13.8. The van der Waals surface area contributed by atoms with Crippen LogP contribution in [0.3, 0.4) is 0 Å². The summed E-state index contributed by atoms with van der Waals surface area (Å²) < 4.78 is 0. The number of carbonyl (C=O) groups is 2. The fraction of sp³-hybridized carbons (Fsp3) is 0.235. The number of rotatable bonds is 6. The molecule has 2 aromatic rings. The van der Waals surface area contributed by atoms with Crippen molar-refractivity contribution in [2.24, 2.45) is 0 Å². The van der Waals surface area contributed by atoms with E-state index in [1.807, 2.05) is 6.92 Å². The number of likely N-dealkylation sites (N-methyl/N-ethyl adjacent to an activating group) is 1. The largest absolute Gasteiger partial charge is 0.332 e. The number of amides is 2. The molecule has 0 bridgehead atoms. The number of benzene rings is 1. The van der Waals surface area contributed by atoms with Crippen molar-refractivity contribution >= 4 is 35.1 Å². The second-order valence-electron chi connectivity index (χ2n) is 5.57. The summed E-state index contributed by atoms with van der Waals surface area (Å²) >= 11 is 1.37. The lowest BCUT2D eigenvalue weighted by molar-refractivity contribution is -0.385. The van der Waals surface area contributed by atoms with Crippen LogP contribution in [0.2, 0.25) is 0 Å². The van der Waals surface area contributed by atoms with Gasteiger partial charge in [0.15, 0.2) is 0 Å². The van der Waals surface area contributed by atoms with Crippen molar-refractivity contribution < 1.29 is 14.5 Å². The number of hydrogen-bond donors (Lipinski definition) is 1. The van der Waals surface area contributed by atoms with Crippen molar-refractivity contribution in [1.82, 2.24) is 9.88 Å². The number of carbonyl (C=O) groups excluding carboxylic acids is 2. The zero-order chi connectivity index (χ0) is 19.3. The standard InChI is InChI=1S/C17H18N4O4S/c1-11-6-7-18-15(8-11)19-16(22)10-20(2)17(23)13-9-12(26-3)4-5-14(13)21(24)25/h4-9H,10H2,1-3H3,(H,18,19,22). The summed E-state index contributed by atoms with van der Waals surface area (Å²) in [4.78, 5) is 41.2. The van der Waals surface area contributed by atoms with Gasteiger partial charge in [-0.25, -0.2) is 4.98 Å². The van der Waals surface area contributed by atoms with E-state index in [1.54, 1.807) is 30.7 Å². The second kappa shape index (κ2) is 8.43. The van der Waals surface area contributed by atoms with Crippen LogP contribution >= 0.6 is 11.8 Å². The molecular weight excluding hydrogens is 356 g/mol.